The molecule has 0 amide bonds. The third-order valence-corrected chi connectivity index (χ3v) is 6.10. The second kappa shape index (κ2) is 5.87. The predicted molar refractivity (Wildman–Crippen MR) is 83.9 cm³/mol. The van der Waals surface area contributed by atoms with Gasteiger partial charge in [-0.1, -0.05) is 29.8 Å². The van der Waals surface area contributed by atoms with Crippen molar-refractivity contribution in [2.75, 3.05) is 19.7 Å². The second-order valence-corrected chi connectivity index (χ2v) is 8.38. The standard InChI is InChI=1S/C14H20BrNO4S/c1-4-20-12-6-5-11(15)7-13(12)21(18,19)16-8-14(17,9-16)10(2)3/h5-7,10,17H,4,8-9H2,1-3H3. The molecule has 21 heavy (non-hydrogen) atoms. The molecule has 1 heterocycles. The fourth-order valence-electron chi connectivity index (χ4n) is 2.20. The average Bonchev–Trinajstić information content (AvgIpc) is 2.36. The summed E-state index contributed by atoms with van der Waals surface area (Å²) in [5.41, 5.74) is -0.940. The molecule has 0 aliphatic carbocycles. The van der Waals surface area contributed by atoms with Gasteiger partial charge in [-0.05, 0) is 31.0 Å². The number of aliphatic hydroxyl groups is 1. The molecule has 0 saturated carbocycles. The minimum Gasteiger partial charge on any atom is -0.492 e. The molecule has 1 N–H and O–H groups in total. The van der Waals surface area contributed by atoms with Crippen molar-refractivity contribution >= 4 is 26.0 Å². The van der Waals surface area contributed by atoms with Crippen LogP contribution in [0.3, 0.4) is 0 Å². The molecule has 0 atom stereocenters. The van der Waals surface area contributed by atoms with E-state index in [4.69, 9.17) is 4.74 Å². The molecular formula is C14H20BrNO4S. The summed E-state index contributed by atoms with van der Waals surface area (Å²) in [6.07, 6.45) is 0. The Labute approximate surface area is 134 Å². The Morgan fingerprint density at radius 2 is 2.05 bits per heavy atom. The minimum atomic E-state index is -3.66. The summed E-state index contributed by atoms with van der Waals surface area (Å²) in [5, 5.41) is 10.2. The first-order valence-corrected chi connectivity index (χ1v) is 9.09. The van der Waals surface area contributed by atoms with E-state index in [1.165, 1.54) is 10.4 Å². The molecule has 0 radical (unpaired) electrons. The first kappa shape index (κ1) is 16.7. The van der Waals surface area contributed by atoms with Crippen molar-refractivity contribution in [1.29, 1.82) is 0 Å². The third kappa shape index (κ3) is 3.11. The molecule has 2 rings (SSSR count). The van der Waals surface area contributed by atoms with Crippen molar-refractivity contribution in [1.82, 2.24) is 4.31 Å². The van der Waals surface area contributed by atoms with Gasteiger partial charge in [-0.2, -0.15) is 4.31 Å². The van der Waals surface area contributed by atoms with Gasteiger partial charge >= 0.3 is 0 Å². The molecule has 0 unspecified atom stereocenters. The Kier molecular flexibility index (Phi) is 4.68. The quantitative estimate of drug-likeness (QED) is 0.854. The lowest BCUT2D eigenvalue weighted by Crippen LogP contribution is -2.65. The number of sulfonamides is 1. The molecule has 1 aliphatic rings. The SMILES string of the molecule is CCOc1ccc(Br)cc1S(=O)(=O)N1CC(O)(C(C)C)C1. The maximum Gasteiger partial charge on any atom is 0.246 e. The zero-order valence-electron chi connectivity index (χ0n) is 12.3. The minimum absolute atomic E-state index is 0.0119. The highest BCUT2D eigenvalue weighted by molar-refractivity contribution is 9.10. The Bertz CT molecular complexity index is 624. The van der Waals surface area contributed by atoms with Gasteiger partial charge in [0.2, 0.25) is 10.0 Å². The molecular weight excluding hydrogens is 358 g/mol. The molecule has 5 nitrogen and oxygen atoms in total. The van der Waals surface area contributed by atoms with Gasteiger partial charge in [0.15, 0.2) is 0 Å². The van der Waals surface area contributed by atoms with E-state index < -0.39 is 15.6 Å². The maximum atomic E-state index is 12.7. The van der Waals surface area contributed by atoms with Crippen LogP contribution in [-0.2, 0) is 10.0 Å². The first-order chi connectivity index (χ1) is 9.70. The zero-order chi connectivity index (χ0) is 15.8. The van der Waals surface area contributed by atoms with E-state index in [0.29, 0.717) is 16.8 Å². The molecule has 0 aromatic heterocycles. The summed E-state index contributed by atoms with van der Waals surface area (Å²) in [4.78, 5) is 0.129. The van der Waals surface area contributed by atoms with Gasteiger partial charge in [-0.25, -0.2) is 8.42 Å². The molecule has 7 heteroatoms. The Hall–Kier alpha value is -0.630. The zero-order valence-corrected chi connectivity index (χ0v) is 14.7. The smallest absolute Gasteiger partial charge is 0.246 e. The largest absolute Gasteiger partial charge is 0.492 e. The van der Waals surface area contributed by atoms with Crippen molar-refractivity contribution in [3.05, 3.63) is 22.7 Å². The van der Waals surface area contributed by atoms with Gasteiger partial charge in [0.05, 0.1) is 12.2 Å². The van der Waals surface area contributed by atoms with Crippen LogP contribution in [0.25, 0.3) is 0 Å². The van der Waals surface area contributed by atoms with Gasteiger partial charge in [0.25, 0.3) is 0 Å². The van der Waals surface area contributed by atoms with E-state index in [0.717, 1.165) is 0 Å². The number of β-amino-alcohol motifs (C(OH)–C–C–N with tert-alkyl or cyclic N) is 1. The number of halogens is 1. The molecule has 118 valence electrons. The normalized spacial score (nSPS) is 18.6. The van der Waals surface area contributed by atoms with Crippen molar-refractivity contribution in [3.63, 3.8) is 0 Å². The van der Waals surface area contributed by atoms with E-state index in [9.17, 15) is 13.5 Å². The number of ether oxygens (including phenoxy) is 1. The summed E-state index contributed by atoms with van der Waals surface area (Å²) in [5.74, 6) is 0.346. The number of rotatable bonds is 5. The molecule has 0 spiro atoms. The Morgan fingerprint density at radius 3 is 2.57 bits per heavy atom. The number of hydrogen-bond acceptors (Lipinski definition) is 4. The topological polar surface area (TPSA) is 66.8 Å². The maximum absolute atomic E-state index is 12.7. The molecule has 1 fully saturated rings. The van der Waals surface area contributed by atoms with Crippen molar-refractivity contribution in [2.45, 2.75) is 31.3 Å². The number of nitrogens with zero attached hydrogens (tertiary/aromatic N) is 1. The fraction of sp³-hybridized carbons (Fsp3) is 0.571. The molecule has 1 saturated heterocycles. The van der Waals surface area contributed by atoms with Crippen molar-refractivity contribution in [2.24, 2.45) is 5.92 Å². The molecule has 1 aliphatic heterocycles. The van der Waals surface area contributed by atoms with Crippen LogP contribution in [-0.4, -0.2) is 43.1 Å². The second-order valence-electron chi connectivity index (χ2n) is 5.56. The predicted octanol–water partition coefficient (Wildman–Crippen LogP) is 2.24. The lowest BCUT2D eigenvalue weighted by Gasteiger charge is -2.47. The van der Waals surface area contributed by atoms with E-state index in [2.05, 4.69) is 15.9 Å². The lowest BCUT2D eigenvalue weighted by molar-refractivity contribution is -0.0932. The van der Waals surface area contributed by atoms with Crippen LogP contribution in [0.4, 0.5) is 0 Å². The highest BCUT2D eigenvalue weighted by atomic mass is 79.9. The fourth-order valence-corrected chi connectivity index (χ4v) is 4.43. The van der Waals surface area contributed by atoms with Crippen LogP contribution in [0.5, 0.6) is 5.75 Å². The Balaban J connectivity index is 2.31. The van der Waals surface area contributed by atoms with E-state index in [-0.39, 0.29) is 23.9 Å². The molecule has 0 bridgehead atoms. The van der Waals surface area contributed by atoms with Gasteiger partial charge in [-0.15, -0.1) is 0 Å². The van der Waals surface area contributed by atoms with Gasteiger partial charge < -0.3 is 9.84 Å². The van der Waals surface area contributed by atoms with E-state index in [1.54, 1.807) is 19.1 Å². The Morgan fingerprint density at radius 1 is 1.43 bits per heavy atom. The average molecular weight is 378 g/mol. The van der Waals surface area contributed by atoms with Crippen LogP contribution in [0, 0.1) is 5.92 Å². The van der Waals surface area contributed by atoms with Gasteiger partial charge in [0.1, 0.15) is 10.6 Å². The first-order valence-electron chi connectivity index (χ1n) is 6.85. The van der Waals surface area contributed by atoms with E-state index in [1.807, 2.05) is 13.8 Å². The molecule has 1 aromatic rings. The van der Waals surface area contributed by atoms with Gasteiger partial charge in [-0.3, -0.25) is 0 Å². The van der Waals surface area contributed by atoms with Crippen LogP contribution < -0.4 is 4.74 Å². The van der Waals surface area contributed by atoms with Crippen LogP contribution >= 0.6 is 15.9 Å². The van der Waals surface area contributed by atoms with Crippen molar-refractivity contribution < 1.29 is 18.3 Å². The van der Waals surface area contributed by atoms with Gasteiger partial charge in [0, 0.05) is 17.6 Å². The summed E-state index contributed by atoms with van der Waals surface area (Å²) >= 11 is 3.29. The monoisotopic (exact) mass is 377 g/mol. The van der Waals surface area contributed by atoms with E-state index >= 15 is 0 Å². The lowest BCUT2D eigenvalue weighted by atomic mass is 9.85. The summed E-state index contributed by atoms with van der Waals surface area (Å²) < 4.78 is 32.7. The summed E-state index contributed by atoms with van der Waals surface area (Å²) in [6, 6.07) is 4.91. The highest BCUT2D eigenvalue weighted by Gasteiger charge is 2.49. The highest BCUT2D eigenvalue weighted by Crippen LogP contribution is 2.36. The van der Waals surface area contributed by atoms with Crippen LogP contribution in [0.2, 0.25) is 0 Å². The summed E-state index contributed by atoms with van der Waals surface area (Å²) in [6.45, 7) is 6.19. The number of hydrogen-bond donors (Lipinski definition) is 1. The van der Waals surface area contributed by atoms with Crippen molar-refractivity contribution in [3.8, 4) is 5.75 Å². The molecule has 1 aromatic carbocycles. The number of benzene rings is 1. The van der Waals surface area contributed by atoms with Crippen LogP contribution in [0.15, 0.2) is 27.6 Å². The summed E-state index contributed by atoms with van der Waals surface area (Å²) in [7, 11) is -3.66. The van der Waals surface area contributed by atoms with Crippen LogP contribution in [0.1, 0.15) is 20.8 Å². The third-order valence-electron chi connectivity index (χ3n) is 3.80.